The van der Waals surface area contributed by atoms with Crippen molar-refractivity contribution in [3.8, 4) is 11.1 Å². The van der Waals surface area contributed by atoms with Crippen molar-refractivity contribution in [2.24, 2.45) is 5.73 Å². The summed E-state index contributed by atoms with van der Waals surface area (Å²) in [6, 6.07) is 33.2. The lowest BCUT2D eigenvalue weighted by molar-refractivity contribution is 0.532. The number of nitrogens with two attached hydrogens (primary N) is 1. The topological polar surface area (TPSA) is 51.2 Å². The summed E-state index contributed by atoms with van der Waals surface area (Å²) in [7, 11) is 0. The van der Waals surface area contributed by atoms with Crippen molar-refractivity contribution < 1.29 is 4.42 Å². The Bertz CT molecular complexity index is 2070. The van der Waals surface area contributed by atoms with Crippen molar-refractivity contribution >= 4 is 16.5 Å². The molecule has 1 heterocycles. The zero-order valence-corrected chi connectivity index (χ0v) is 23.2. The van der Waals surface area contributed by atoms with E-state index in [2.05, 4.69) is 109 Å². The monoisotopic (exact) mass is 542 g/mol. The Hall–Kier alpha value is -4.70. The van der Waals surface area contributed by atoms with Gasteiger partial charge in [0.15, 0.2) is 0 Å². The molecule has 0 saturated heterocycles. The summed E-state index contributed by atoms with van der Waals surface area (Å²) in [5, 5.41) is 4.83. The Morgan fingerprint density at radius 2 is 1.55 bits per heavy atom. The molecule has 3 unspecified atom stereocenters. The average molecular weight is 543 g/mol. The van der Waals surface area contributed by atoms with Gasteiger partial charge >= 0.3 is 0 Å². The minimum absolute atomic E-state index is 0.00998. The largest absolute Gasteiger partial charge is 0.456 e. The molecule has 1 spiro atoms. The first-order valence-corrected chi connectivity index (χ1v) is 14.8. The molecule has 1 aromatic heterocycles. The van der Waals surface area contributed by atoms with Gasteiger partial charge in [0.2, 0.25) is 0 Å². The zero-order valence-electron chi connectivity index (χ0n) is 23.2. The molecule has 0 radical (unpaired) electrons. The molecule has 0 saturated carbocycles. The lowest BCUT2D eigenvalue weighted by Gasteiger charge is -2.34. The summed E-state index contributed by atoms with van der Waals surface area (Å²) >= 11 is 0. The fourth-order valence-electron chi connectivity index (χ4n) is 8.05. The molecule has 3 nitrogen and oxygen atoms in total. The molecule has 5 aromatic rings. The van der Waals surface area contributed by atoms with Crippen LogP contribution >= 0.6 is 0 Å². The first-order chi connectivity index (χ1) is 20.7. The average Bonchev–Trinajstić information content (AvgIpc) is 3.66. The van der Waals surface area contributed by atoms with Gasteiger partial charge in [0.1, 0.15) is 11.3 Å². The van der Waals surface area contributed by atoms with E-state index in [4.69, 9.17) is 10.2 Å². The molecule has 4 aromatic carbocycles. The first-order valence-electron chi connectivity index (χ1n) is 14.8. The fourth-order valence-corrected chi connectivity index (χ4v) is 8.05. The van der Waals surface area contributed by atoms with Crippen molar-refractivity contribution in [2.75, 3.05) is 0 Å². The second kappa shape index (κ2) is 8.65. The molecule has 3 N–H and O–H groups in total. The molecule has 3 heteroatoms. The van der Waals surface area contributed by atoms with Crippen LogP contribution in [0.25, 0.3) is 27.7 Å². The van der Waals surface area contributed by atoms with Gasteiger partial charge < -0.3 is 10.2 Å². The van der Waals surface area contributed by atoms with Crippen LogP contribution in [0.2, 0.25) is 0 Å². The van der Waals surface area contributed by atoms with Gasteiger partial charge in [-0.15, -0.1) is 0 Å². The number of aryl methyl sites for hydroxylation is 1. The Morgan fingerprint density at radius 1 is 0.810 bits per heavy atom. The third kappa shape index (κ3) is 3.02. The third-order valence-electron chi connectivity index (χ3n) is 9.82. The number of furan rings is 1. The summed E-state index contributed by atoms with van der Waals surface area (Å²) in [6.07, 6.45) is 9.81. The molecule has 4 aliphatic carbocycles. The maximum absolute atomic E-state index is 6.87. The normalized spacial score (nSPS) is 21.8. The van der Waals surface area contributed by atoms with Crippen molar-refractivity contribution in [3.05, 3.63) is 172 Å². The van der Waals surface area contributed by atoms with E-state index >= 15 is 0 Å². The lowest BCUT2D eigenvalue weighted by atomic mass is 9.67. The van der Waals surface area contributed by atoms with E-state index in [1.165, 1.54) is 55.5 Å². The van der Waals surface area contributed by atoms with Gasteiger partial charge in [-0.1, -0.05) is 116 Å². The SMILES string of the molecule is C=C1C=CC=CC1NC(N)c1ccc2c(c1)C1(C3=C(c4ccccc41)c1oc4ccccc4c1CC3)c1ccccc1-2. The lowest BCUT2D eigenvalue weighted by Crippen LogP contribution is -2.37. The maximum atomic E-state index is 6.87. The maximum Gasteiger partial charge on any atom is 0.139 e. The third-order valence-corrected chi connectivity index (χ3v) is 9.82. The highest BCUT2D eigenvalue weighted by Gasteiger charge is 2.54. The van der Waals surface area contributed by atoms with E-state index in [0.717, 1.165) is 35.3 Å². The van der Waals surface area contributed by atoms with Crippen molar-refractivity contribution in [1.29, 1.82) is 0 Å². The zero-order chi connectivity index (χ0) is 28.0. The highest BCUT2D eigenvalue weighted by molar-refractivity contribution is 6.01. The van der Waals surface area contributed by atoms with Crippen LogP contribution in [0.4, 0.5) is 0 Å². The molecule has 0 aliphatic heterocycles. The van der Waals surface area contributed by atoms with Gasteiger partial charge in [0.05, 0.1) is 17.6 Å². The fraction of sp³-hybridized carbons (Fsp3) is 0.128. The van der Waals surface area contributed by atoms with Crippen LogP contribution in [-0.4, -0.2) is 6.04 Å². The van der Waals surface area contributed by atoms with Crippen LogP contribution in [0, 0.1) is 0 Å². The number of allylic oxidation sites excluding steroid dienone is 3. The van der Waals surface area contributed by atoms with Gasteiger partial charge in [-0.3, -0.25) is 5.32 Å². The van der Waals surface area contributed by atoms with Crippen LogP contribution in [0.3, 0.4) is 0 Å². The van der Waals surface area contributed by atoms with E-state index in [0.29, 0.717) is 0 Å². The molecular formula is C39H30N2O. The standard InChI is InChI=1S/C39H30N2O/c1-23-10-2-8-16-34(23)41-38(40)24-18-19-26-25-11-3-6-14-30(25)39(33(26)22-24)31-15-7-4-13-29(31)36-32(39)21-20-28-27-12-5-9-17-35(27)42-37(28)36/h2-19,22,34,38,41H,1,20-21,40H2. The second-order valence-corrected chi connectivity index (χ2v) is 11.8. The number of hydrogen-bond donors (Lipinski definition) is 2. The predicted molar refractivity (Wildman–Crippen MR) is 170 cm³/mol. The van der Waals surface area contributed by atoms with E-state index in [-0.39, 0.29) is 17.6 Å². The number of para-hydroxylation sites is 1. The number of rotatable bonds is 3. The van der Waals surface area contributed by atoms with E-state index in [1.54, 1.807) is 0 Å². The smallest absolute Gasteiger partial charge is 0.139 e. The van der Waals surface area contributed by atoms with Crippen LogP contribution in [0.1, 0.15) is 51.7 Å². The number of benzene rings is 4. The van der Waals surface area contributed by atoms with E-state index in [1.807, 2.05) is 18.2 Å². The minimum Gasteiger partial charge on any atom is -0.456 e. The van der Waals surface area contributed by atoms with Gasteiger partial charge in [0, 0.05) is 16.5 Å². The Labute approximate surface area is 245 Å². The van der Waals surface area contributed by atoms with Gasteiger partial charge in [-0.2, -0.15) is 0 Å². The highest BCUT2D eigenvalue weighted by atomic mass is 16.3. The van der Waals surface area contributed by atoms with Crippen LogP contribution in [-0.2, 0) is 11.8 Å². The Kier molecular flexibility index (Phi) is 4.93. The number of hydrogen-bond acceptors (Lipinski definition) is 3. The summed E-state index contributed by atoms with van der Waals surface area (Å²) in [6.45, 7) is 4.22. The van der Waals surface area contributed by atoms with Gasteiger partial charge in [-0.05, 0) is 69.0 Å². The van der Waals surface area contributed by atoms with Crippen LogP contribution in [0.5, 0.6) is 0 Å². The van der Waals surface area contributed by atoms with Crippen molar-refractivity contribution in [3.63, 3.8) is 0 Å². The first kappa shape index (κ1) is 24.0. The summed E-state index contributed by atoms with van der Waals surface area (Å²) < 4.78 is 6.69. The molecule has 3 atom stereocenters. The quantitative estimate of drug-likeness (QED) is 0.227. The molecular weight excluding hydrogens is 512 g/mol. The Balaban J connectivity index is 1.29. The van der Waals surface area contributed by atoms with Gasteiger partial charge in [-0.25, -0.2) is 0 Å². The molecule has 0 fully saturated rings. The summed E-state index contributed by atoms with van der Waals surface area (Å²) in [5.74, 6) is 1.04. The van der Waals surface area contributed by atoms with Crippen molar-refractivity contribution in [2.45, 2.75) is 30.5 Å². The molecule has 0 amide bonds. The van der Waals surface area contributed by atoms with Crippen molar-refractivity contribution in [1.82, 2.24) is 5.32 Å². The molecule has 9 rings (SSSR count). The van der Waals surface area contributed by atoms with Gasteiger partial charge in [0.25, 0.3) is 0 Å². The highest BCUT2D eigenvalue weighted by Crippen LogP contribution is 2.65. The molecule has 0 bridgehead atoms. The van der Waals surface area contributed by atoms with Crippen LogP contribution in [0.15, 0.2) is 137 Å². The van der Waals surface area contributed by atoms with E-state index < -0.39 is 0 Å². The molecule has 4 aliphatic rings. The minimum atomic E-state index is -0.388. The predicted octanol–water partition coefficient (Wildman–Crippen LogP) is 8.11. The number of nitrogens with one attached hydrogen (secondary N) is 1. The molecule has 202 valence electrons. The summed E-state index contributed by atoms with van der Waals surface area (Å²) in [4.78, 5) is 0. The summed E-state index contributed by atoms with van der Waals surface area (Å²) in [5.41, 5.74) is 21.4. The number of fused-ring (bicyclic) bond motifs is 13. The van der Waals surface area contributed by atoms with E-state index in [9.17, 15) is 0 Å². The Morgan fingerprint density at radius 3 is 2.40 bits per heavy atom. The van der Waals surface area contributed by atoms with Crippen LogP contribution < -0.4 is 11.1 Å². The second-order valence-electron chi connectivity index (χ2n) is 11.8. The molecule has 42 heavy (non-hydrogen) atoms.